The molecule has 1 atom stereocenters. The van der Waals surface area contributed by atoms with E-state index in [1.165, 1.54) is 12.8 Å². The van der Waals surface area contributed by atoms with E-state index < -0.39 is 0 Å². The molecule has 0 aromatic rings. The Balaban J connectivity index is 0.000000720. The van der Waals surface area contributed by atoms with Crippen molar-refractivity contribution in [2.45, 2.75) is 38.1 Å². The maximum atomic E-state index is 8.71. The summed E-state index contributed by atoms with van der Waals surface area (Å²) in [6.07, 6.45) is 5.82. The molecule has 68 valence electrons. The number of nitriles is 1. The maximum absolute atomic E-state index is 8.71. The highest BCUT2D eigenvalue weighted by atomic mass is 35.5. The van der Waals surface area contributed by atoms with E-state index in [2.05, 4.69) is 6.07 Å². The van der Waals surface area contributed by atoms with E-state index >= 15 is 0 Å². The van der Waals surface area contributed by atoms with E-state index in [4.69, 9.17) is 11.0 Å². The fourth-order valence-electron chi connectivity index (χ4n) is 2.30. The van der Waals surface area contributed by atoms with Crippen molar-refractivity contribution in [1.29, 1.82) is 5.26 Å². The Bertz CT molecular complexity index is 201. The van der Waals surface area contributed by atoms with Crippen molar-refractivity contribution in [1.82, 2.24) is 0 Å². The zero-order valence-corrected chi connectivity index (χ0v) is 7.94. The molecule has 1 spiro atoms. The summed E-state index contributed by atoms with van der Waals surface area (Å²) in [7, 11) is 0. The molecule has 1 unspecified atom stereocenters. The maximum Gasteiger partial charge on any atom is 0.0661 e. The van der Waals surface area contributed by atoms with Gasteiger partial charge < -0.3 is 5.73 Å². The Morgan fingerprint density at radius 1 is 1.33 bits per heavy atom. The van der Waals surface area contributed by atoms with Crippen LogP contribution < -0.4 is 5.73 Å². The molecule has 2 fully saturated rings. The second-order valence-electron chi connectivity index (χ2n) is 4.09. The van der Waals surface area contributed by atoms with Gasteiger partial charge in [0.2, 0.25) is 0 Å². The van der Waals surface area contributed by atoms with Crippen LogP contribution in [0.3, 0.4) is 0 Å². The Kier molecular flexibility index (Phi) is 2.65. The average molecular weight is 187 g/mol. The normalized spacial score (nSPS) is 44.7. The predicted molar refractivity (Wildman–Crippen MR) is 49.8 cm³/mol. The van der Waals surface area contributed by atoms with Gasteiger partial charge in [0, 0.05) is 6.04 Å². The molecule has 0 amide bonds. The van der Waals surface area contributed by atoms with Crippen LogP contribution in [0.5, 0.6) is 0 Å². The molecule has 2 aliphatic carbocycles. The summed E-state index contributed by atoms with van der Waals surface area (Å²) in [5, 5.41) is 8.71. The van der Waals surface area contributed by atoms with Gasteiger partial charge in [0.1, 0.15) is 0 Å². The van der Waals surface area contributed by atoms with Crippen molar-refractivity contribution < 1.29 is 0 Å². The van der Waals surface area contributed by atoms with Crippen LogP contribution >= 0.6 is 12.4 Å². The molecule has 0 heterocycles. The first-order valence-corrected chi connectivity index (χ1v) is 4.42. The van der Waals surface area contributed by atoms with Crippen molar-refractivity contribution in [3.63, 3.8) is 0 Å². The fourth-order valence-corrected chi connectivity index (χ4v) is 2.30. The Hall–Kier alpha value is -0.260. The van der Waals surface area contributed by atoms with Crippen LogP contribution in [-0.4, -0.2) is 6.04 Å². The highest BCUT2D eigenvalue weighted by Gasteiger charge is 2.54. The molecule has 12 heavy (non-hydrogen) atoms. The van der Waals surface area contributed by atoms with E-state index in [-0.39, 0.29) is 12.4 Å². The van der Waals surface area contributed by atoms with Crippen LogP contribution in [0.25, 0.3) is 0 Å². The van der Waals surface area contributed by atoms with Crippen molar-refractivity contribution in [3.05, 3.63) is 0 Å². The molecule has 2 N–H and O–H groups in total. The summed E-state index contributed by atoms with van der Waals surface area (Å²) < 4.78 is 0. The van der Waals surface area contributed by atoms with Gasteiger partial charge in [-0.15, -0.1) is 12.4 Å². The first-order valence-electron chi connectivity index (χ1n) is 4.42. The lowest BCUT2D eigenvalue weighted by molar-refractivity contribution is 0.294. The SMILES string of the molecule is Cl.N#CC1CC12CCC(N)CC2. The van der Waals surface area contributed by atoms with E-state index in [9.17, 15) is 0 Å². The molecular weight excluding hydrogens is 172 g/mol. The third-order valence-electron chi connectivity index (χ3n) is 3.37. The predicted octanol–water partition coefficient (Wildman–Crippen LogP) is 1.84. The van der Waals surface area contributed by atoms with E-state index in [1.54, 1.807) is 0 Å². The van der Waals surface area contributed by atoms with Gasteiger partial charge in [-0.25, -0.2) is 0 Å². The lowest BCUT2D eigenvalue weighted by Crippen LogP contribution is -2.27. The summed E-state index contributed by atoms with van der Waals surface area (Å²) in [6.45, 7) is 0. The fraction of sp³-hybridized carbons (Fsp3) is 0.889. The van der Waals surface area contributed by atoms with Gasteiger partial charge in [-0.05, 0) is 37.5 Å². The molecule has 2 rings (SSSR count). The van der Waals surface area contributed by atoms with Crippen molar-refractivity contribution in [2.75, 3.05) is 0 Å². The minimum absolute atomic E-state index is 0. The largest absolute Gasteiger partial charge is 0.328 e. The zero-order valence-electron chi connectivity index (χ0n) is 7.12. The molecule has 0 aromatic carbocycles. The standard InChI is InChI=1S/C9H14N2.ClH/c10-6-7-5-9(7)3-1-8(11)2-4-9;/h7-8H,1-5,11H2;1H. The second-order valence-corrected chi connectivity index (χ2v) is 4.09. The van der Waals surface area contributed by atoms with E-state index in [0.29, 0.717) is 17.4 Å². The van der Waals surface area contributed by atoms with Crippen LogP contribution in [0.4, 0.5) is 0 Å². The lowest BCUT2D eigenvalue weighted by Gasteiger charge is -2.25. The molecule has 0 bridgehead atoms. The number of nitrogens with zero attached hydrogens (tertiary/aromatic N) is 1. The molecule has 0 radical (unpaired) electrons. The molecule has 0 aliphatic heterocycles. The topological polar surface area (TPSA) is 49.8 Å². The Morgan fingerprint density at radius 2 is 1.92 bits per heavy atom. The zero-order chi connectivity index (χ0) is 7.90. The lowest BCUT2D eigenvalue weighted by atomic mass is 9.82. The first kappa shape index (κ1) is 9.83. The molecular formula is C9H15ClN2. The summed E-state index contributed by atoms with van der Waals surface area (Å²) >= 11 is 0. The van der Waals surface area contributed by atoms with Gasteiger partial charge in [-0.3, -0.25) is 0 Å². The van der Waals surface area contributed by atoms with Gasteiger partial charge in [-0.2, -0.15) is 5.26 Å². The molecule has 2 aliphatic rings. The van der Waals surface area contributed by atoms with Crippen molar-refractivity contribution in [2.24, 2.45) is 17.1 Å². The molecule has 2 nitrogen and oxygen atoms in total. The van der Waals surface area contributed by atoms with Gasteiger partial charge >= 0.3 is 0 Å². The molecule has 0 saturated heterocycles. The number of hydrogen-bond donors (Lipinski definition) is 1. The number of rotatable bonds is 0. The average Bonchev–Trinajstić information content (AvgIpc) is 2.71. The van der Waals surface area contributed by atoms with Crippen molar-refractivity contribution >= 4 is 12.4 Å². The highest BCUT2D eigenvalue weighted by Crippen LogP contribution is 2.60. The second kappa shape index (κ2) is 3.24. The van der Waals surface area contributed by atoms with Gasteiger partial charge in [0.05, 0.1) is 12.0 Å². The third kappa shape index (κ3) is 1.44. The molecule has 0 aromatic heterocycles. The monoisotopic (exact) mass is 186 g/mol. The van der Waals surface area contributed by atoms with Crippen LogP contribution in [0, 0.1) is 22.7 Å². The summed E-state index contributed by atoms with van der Waals surface area (Å²) in [5.74, 6) is 0.370. The summed E-state index contributed by atoms with van der Waals surface area (Å²) in [5.41, 5.74) is 6.22. The van der Waals surface area contributed by atoms with E-state index in [1.807, 2.05) is 0 Å². The quantitative estimate of drug-likeness (QED) is 0.628. The van der Waals surface area contributed by atoms with Gasteiger partial charge in [-0.1, -0.05) is 0 Å². The molecule has 3 heteroatoms. The van der Waals surface area contributed by atoms with Crippen LogP contribution in [0.2, 0.25) is 0 Å². The molecule has 2 saturated carbocycles. The van der Waals surface area contributed by atoms with E-state index in [0.717, 1.165) is 19.3 Å². The Labute approximate surface area is 79.5 Å². The van der Waals surface area contributed by atoms with Crippen LogP contribution in [-0.2, 0) is 0 Å². The minimum Gasteiger partial charge on any atom is -0.328 e. The van der Waals surface area contributed by atoms with Gasteiger partial charge in [0.25, 0.3) is 0 Å². The van der Waals surface area contributed by atoms with Crippen LogP contribution in [0.1, 0.15) is 32.1 Å². The Morgan fingerprint density at radius 3 is 2.33 bits per heavy atom. The highest BCUT2D eigenvalue weighted by molar-refractivity contribution is 5.85. The van der Waals surface area contributed by atoms with Crippen LogP contribution in [0.15, 0.2) is 0 Å². The van der Waals surface area contributed by atoms with Gasteiger partial charge in [0.15, 0.2) is 0 Å². The smallest absolute Gasteiger partial charge is 0.0661 e. The first-order chi connectivity index (χ1) is 5.27. The third-order valence-corrected chi connectivity index (χ3v) is 3.37. The summed E-state index contributed by atoms with van der Waals surface area (Å²) in [6, 6.07) is 2.79. The number of nitrogens with two attached hydrogens (primary N) is 1. The van der Waals surface area contributed by atoms with Crippen molar-refractivity contribution in [3.8, 4) is 6.07 Å². The number of halogens is 1. The minimum atomic E-state index is 0. The summed E-state index contributed by atoms with van der Waals surface area (Å²) in [4.78, 5) is 0. The number of hydrogen-bond acceptors (Lipinski definition) is 2.